The van der Waals surface area contributed by atoms with Crippen LogP contribution in [0.5, 0.6) is 0 Å². The molecule has 100 valence electrons. The summed E-state index contributed by atoms with van der Waals surface area (Å²) in [6.07, 6.45) is 3.97. The second-order valence-electron chi connectivity index (χ2n) is 4.78. The molecule has 1 heterocycles. The lowest BCUT2D eigenvalue weighted by atomic mass is 10.1. The van der Waals surface area contributed by atoms with Crippen molar-refractivity contribution in [3.8, 4) is 0 Å². The van der Waals surface area contributed by atoms with Crippen LogP contribution in [0.25, 0.3) is 0 Å². The van der Waals surface area contributed by atoms with Gasteiger partial charge in [-0.3, -0.25) is 4.79 Å². The molecule has 0 aromatic rings. The van der Waals surface area contributed by atoms with E-state index in [1.807, 2.05) is 0 Å². The summed E-state index contributed by atoms with van der Waals surface area (Å²) in [7, 11) is 0. The molecule has 0 aliphatic carbocycles. The minimum Gasteiger partial charge on any atom is -0.390 e. The number of hydrogen-bond donors (Lipinski definition) is 4. The van der Waals surface area contributed by atoms with Gasteiger partial charge in [0.25, 0.3) is 0 Å². The van der Waals surface area contributed by atoms with Crippen LogP contribution in [0.15, 0.2) is 0 Å². The molecule has 1 aliphatic rings. The van der Waals surface area contributed by atoms with Crippen LogP contribution in [-0.4, -0.2) is 42.3 Å². The van der Waals surface area contributed by atoms with E-state index in [1.165, 1.54) is 0 Å². The smallest absolute Gasteiger partial charge is 0.237 e. The molecule has 0 spiro atoms. The molecule has 0 radical (unpaired) electrons. The molecular formula is C12H25N3O2. The molecule has 1 saturated heterocycles. The Morgan fingerprint density at radius 1 is 1.65 bits per heavy atom. The van der Waals surface area contributed by atoms with Crippen LogP contribution < -0.4 is 16.4 Å². The van der Waals surface area contributed by atoms with Gasteiger partial charge in [-0.1, -0.05) is 19.8 Å². The number of hydrogen-bond acceptors (Lipinski definition) is 4. The highest BCUT2D eigenvalue weighted by Crippen LogP contribution is 2.07. The van der Waals surface area contributed by atoms with Gasteiger partial charge in [0.05, 0.1) is 18.2 Å². The molecular weight excluding hydrogens is 218 g/mol. The Labute approximate surface area is 103 Å². The Kier molecular flexibility index (Phi) is 6.47. The van der Waals surface area contributed by atoms with Gasteiger partial charge in [0.15, 0.2) is 0 Å². The Morgan fingerprint density at radius 3 is 3.12 bits per heavy atom. The first kappa shape index (κ1) is 14.4. The third kappa shape index (κ3) is 5.02. The topological polar surface area (TPSA) is 87.4 Å². The maximum Gasteiger partial charge on any atom is 0.237 e. The molecule has 1 aliphatic heterocycles. The number of rotatable bonds is 5. The van der Waals surface area contributed by atoms with E-state index in [0.717, 1.165) is 32.2 Å². The first-order valence-corrected chi connectivity index (χ1v) is 6.60. The Morgan fingerprint density at radius 2 is 2.41 bits per heavy atom. The van der Waals surface area contributed by atoms with Crippen molar-refractivity contribution in [2.75, 3.05) is 13.1 Å². The quantitative estimate of drug-likeness (QED) is 0.535. The number of carbonyl (C=O) groups is 1. The number of unbranched alkanes of at least 4 members (excludes halogenated alkanes) is 1. The highest BCUT2D eigenvalue weighted by Gasteiger charge is 2.24. The zero-order valence-electron chi connectivity index (χ0n) is 10.6. The maximum atomic E-state index is 11.8. The van der Waals surface area contributed by atoms with Crippen LogP contribution >= 0.6 is 0 Å². The predicted octanol–water partition coefficient (Wildman–Crippen LogP) is -0.267. The summed E-state index contributed by atoms with van der Waals surface area (Å²) in [6, 6.07) is -0.608. The second kappa shape index (κ2) is 7.63. The fourth-order valence-corrected chi connectivity index (χ4v) is 2.04. The normalized spacial score (nSPS) is 27.2. The molecule has 5 N–H and O–H groups in total. The summed E-state index contributed by atoms with van der Waals surface area (Å²) < 4.78 is 0. The Bertz CT molecular complexity index is 236. The molecule has 17 heavy (non-hydrogen) atoms. The standard InChI is InChI=1S/C12H25N3O2/c1-2-3-5-9(13)12(17)15-10-6-4-7-14-8-11(10)16/h9-11,14,16H,2-8,13H2,1H3,(H,15,17)/t9-,10?,11?/m0/s1. The molecule has 1 fully saturated rings. The van der Waals surface area contributed by atoms with Crippen LogP contribution in [0.3, 0.4) is 0 Å². The average molecular weight is 243 g/mol. The lowest BCUT2D eigenvalue weighted by molar-refractivity contribution is -0.124. The van der Waals surface area contributed by atoms with Gasteiger partial charge < -0.3 is 21.5 Å². The van der Waals surface area contributed by atoms with Gasteiger partial charge in [-0.15, -0.1) is 0 Å². The van der Waals surface area contributed by atoms with Crippen molar-refractivity contribution in [2.45, 2.75) is 57.2 Å². The number of aliphatic hydroxyl groups is 1. The van der Waals surface area contributed by atoms with Gasteiger partial charge in [-0.05, 0) is 25.8 Å². The fourth-order valence-electron chi connectivity index (χ4n) is 2.04. The zero-order valence-corrected chi connectivity index (χ0v) is 10.6. The van der Waals surface area contributed by atoms with E-state index in [4.69, 9.17) is 5.73 Å². The van der Waals surface area contributed by atoms with Gasteiger partial charge in [0.2, 0.25) is 5.91 Å². The molecule has 0 aromatic heterocycles. The van der Waals surface area contributed by atoms with Crippen molar-refractivity contribution >= 4 is 5.91 Å². The molecule has 5 heteroatoms. The van der Waals surface area contributed by atoms with Crippen molar-refractivity contribution in [3.05, 3.63) is 0 Å². The zero-order chi connectivity index (χ0) is 12.7. The molecule has 1 amide bonds. The van der Waals surface area contributed by atoms with Crippen LogP contribution in [-0.2, 0) is 4.79 Å². The minimum absolute atomic E-state index is 0.135. The van der Waals surface area contributed by atoms with Gasteiger partial charge in [0, 0.05) is 6.54 Å². The van der Waals surface area contributed by atoms with E-state index in [1.54, 1.807) is 0 Å². The predicted molar refractivity (Wildman–Crippen MR) is 67.5 cm³/mol. The van der Waals surface area contributed by atoms with Crippen molar-refractivity contribution in [1.29, 1.82) is 0 Å². The number of carbonyl (C=O) groups excluding carboxylic acids is 1. The van der Waals surface area contributed by atoms with Crippen LogP contribution in [0.1, 0.15) is 39.0 Å². The minimum atomic E-state index is -0.514. The summed E-state index contributed by atoms with van der Waals surface area (Å²) >= 11 is 0. The van der Waals surface area contributed by atoms with Crippen LogP contribution in [0.4, 0.5) is 0 Å². The fraction of sp³-hybridized carbons (Fsp3) is 0.917. The van der Waals surface area contributed by atoms with E-state index >= 15 is 0 Å². The SMILES string of the molecule is CCCC[C@H](N)C(=O)NC1CCCNCC1O. The lowest BCUT2D eigenvalue weighted by Gasteiger charge is -2.23. The second-order valence-corrected chi connectivity index (χ2v) is 4.78. The third-order valence-electron chi connectivity index (χ3n) is 3.22. The van der Waals surface area contributed by atoms with E-state index in [9.17, 15) is 9.90 Å². The number of β-amino-alcohol motifs (C(OH)–C–C–N with tert-alkyl or cyclic N) is 1. The molecule has 5 nitrogen and oxygen atoms in total. The summed E-state index contributed by atoms with van der Waals surface area (Å²) in [4.78, 5) is 11.8. The van der Waals surface area contributed by atoms with Gasteiger partial charge in [0.1, 0.15) is 0 Å². The van der Waals surface area contributed by atoms with Crippen molar-refractivity contribution < 1.29 is 9.90 Å². The summed E-state index contributed by atoms with van der Waals surface area (Å²) in [5.74, 6) is -0.135. The van der Waals surface area contributed by atoms with E-state index in [0.29, 0.717) is 13.0 Å². The first-order chi connectivity index (χ1) is 8.15. The largest absolute Gasteiger partial charge is 0.390 e. The molecule has 0 bridgehead atoms. The van der Waals surface area contributed by atoms with Gasteiger partial charge in [-0.25, -0.2) is 0 Å². The van der Waals surface area contributed by atoms with Gasteiger partial charge in [-0.2, -0.15) is 0 Å². The van der Waals surface area contributed by atoms with Crippen molar-refractivity contribution in [2.24, 2.45) is 5.73 Å². The molecule has 3 atom stereocenters. The van der Waals surface area contributed by atoms with E-state index in [-0.39, 0.29) is 11.9 Å². The van der Waals surface area contributed by atoms with E-state index in [2.05, 4.69) is 17.6 Å². The Balaban J connectivity index is 2.37. The van der Waals surface area contributed by atoms with Crippen molar-refractivity contribution in [1.82, 2.24) is 10.6 Å². The van der Waals surface area contributed by atoms with Crippen LogP contribution in [0, 0.1) is 0 Å². The third-order valence-corrected chi connectivity index (χ3v) is 3.22. The molecule has 0 aromatic carbocycles. The highest BCUT2D eigenvalue weighted by atomic mass is 16.3. The summed E-state index contributed by atoms with van der Waals surface area (Å²) in [5.41, 5.74) is 5.80. The number of nitrogens with two attached hydrogens (primary N) is 1. The summed E-state index contributed by atoms with van der Waals surface area (Å²) in [6.45, 7) is 3.51. The van der Waals surface area contributed by atoms with Crippen molar-refractivity contribution in [3.63, 3.8) is 0 Å². The molecule has 1 rings (SSSR count). The number of nitrogens with one attached hydrogen (secondary N) is 2. The number of aliphatic hydroxyl groups excluding tert-OH is 1. The molecule has 2 unspecified atom stereocenters. The van der Waals surface area contributed by atoms with Crippen LogP contribution in [0.2, 0.25) is 0 Å². The maximum absolute atomic E-state index is 11.8. The monoisotopic (exact) mass is 243 g/mol. The first-order valence-electron chi connectivity index (χ1n) is 6.60. The number of amides is 1. The Hall–Kier alpha value is -0.650. The summed E-state index contributed by atoms with van der Waals surface area (Å²) in [5, 5.41) is 15.8. The highest BCUT2D eigenvalue weighted by molar-refractivity contribution is 5.81. The molecule has 0 saturated carbocycles. The van der Waals surface area contributed by atoms with E-state index < -0.39 is 12.1 Å². The lowest BCUT2D eigenvalue weighted by Crippen LogP contribution is -2.50. The van der Waals surface area contributed by atoms with Gasteiger partial charge >= 0.3 is 0 Å². The average Bonchev–Trinajstić information content (AvgIpc) is 2.52.